The van der Waals surface area contributed by atoms with Gasteiger partial charge in [-0.3, -0.25) is 0 Å². The Balaban J connectivity index is 2.74. The summed E-state index contributed by atoms with van der Waals surface area (Å²) in [5, 5.41) is 2.90. The van der Waals surface area contributed by atoms with Crippen LogP contribution in [0.25, 0.3) is 5.57 Å². The van der Waals surface area contributed by atoms with E-state index in [0.29, 0.717) is 28.3 Å². The summed E-state index contributed by atoms with van der Waals surface area (Å²) in [7, 11) is 1.70. The SMILES string of the molecule is CCC1=C(C(=S)NC)c2ccccc2OC1(CF)CF. The number of hydrogen-bond acceptors (Lipinski definition) is 2. The van der Waals surface area contributed by atoms with E-state index in [0.717, 1.165) is 5.56 Å². The predicted octanol–water partition coefficient (Wildman–Crippen LogP) is 3.47. The number of alkyl halides is 2. The zero-order valence-electron chi connectivity index (χ0n) is 11.5. The van der Waals surface area contributed by atoms with Crippen LogP contribution in [0.1, 0.15) is 18.9 Å². The van der Waals surface area contributed by atoms with Crippen molar-refractivity contribution in [2.45, 2.75) is 18.9 Å². The molecule has 0 fully saturated rings. The first kappa shape index (κ1) is 14.9. The Morgan fingerprint density at radius 3 is 2.50 bits per heavy atom. The van der Waals surface area contributed by atoms with Crippen molar-refractivity contribution in [2.24, 2.45) is 0 Å². The molecule has 1 aliphatic heterocycles. The van der Waals surface area contributed by atoms with E-state index in [1.165, 1.54) is 0 Å². The van der Waals surface area contributed by atoms with Gasteiger partial charge in [-0.1, -0.05) is 37.3 Å². The summed E-state index contributed by atoms with van der Waals surface area (Å²) < 4.78 is 32.7. The summed E-state index contributed by atoms with van der Waals surface area (Å²) in [5.41, 5.74) is 0.475. The van der Waals surface area contributed by atoms with Gasteiger partial charge < -0.3 is 10.1 Å². The van der Waals surface area contributed by atoms with Gasteiger partial charge >= 0.3 is 0 Å². The van der Waals surface area contributed by atoms with Crippen LogP contribution in [0.15, 0.2) is 29.8 Å². The number of halogens is 2. The first-order valence-electron chi connectivity index (χ1n) is 6.49. The Hall–Kier alpha value is -1.49. The van der Waals surface area contributed by atoms with Crippen molar-refractivity contribution in [1.82, 2.24) is 5.32 Å². The molecule has 0 saturated carbocycles. The zero-order valence-corrected chi connectivity index (χ0v) is 12.3. The van der Waals surface area contributed by atoms with Gasteiger partial charge in [-0.15, -0.1) is 0 Å². The van der Waals surface area contributed by atoms with Crippen LogP contribution < -0.4 is 10.1 Å². The van der Waals surface area contributed by atoms with Gasteiger partial charge in [0.1, 0.15) is 24.1 Å². The normalized spacial score (nSPS) is 16.4. The van der Waals surface area contributed by atoms with E-state index >= 15 is 0 Å². The van der Waals surface area contributed by atoms with Crippen LogP contribution in [0.2, 0.25) is 0 Å². The van der Waals surface area contributed by atoms with Gasteiger partial charge in [0, 0.05) is 18.2 Å². The Bertz CT molecular complexity index is 553. The lowest BCUT2D eigenvalue weighted by atomic mass is 9.83. The minimum atomic E-state index is -1.56. The standard InChI is InChI=1S/C15H17F2NOS/c1-3-11-13(14(20)18-2)10-6-4-5-7-12(10)19-15(11,8-16)9-17/h4-7H,3,8-9H2,1-2H3,(H,18,20). The molecule has 20 heavy (non-hydrogen) atoms. The number of rotatable bonds is 4. The van der Waals surface area contributed by atoms with Crippen molar-refractivity contribution in [3.63, 3.8) is 0 Å². The summed E-state index contributed by atoms with van der Waals surface area (Å²) in [6, 6.07) is 7.19. The molecule has 0 aliphatic carbocycles. The zero-order chi connectivity index (χ0) is 14.8. The van der Waals surface area contributed by atoms with Crippen LogP contribution in [0.4, 0.5) is 8.78 Å². The van der Waals surface area contributed by atoms with Gasteiger partial charge in [-0.2, -0.15) is 0 Å². The minimum Gasteiger partial charge on any atom is -0.477 e. The fraction of sp³-hybridized carbons (Fsp3) is 0.400. The van der Waals surface area contributed by atoms with E-state index in [-0.39, 0.29) is 0 Å². The molecule has 0 unspecified atom stereocenters. The van der Waals surface area contributed by atoms with Gasteiger partial charge in [0.25, 0.3) is 0 Å². The third kappa shape index (κ3) is 2.20. The Kier molecular flexibility index (Phi) is 4.38. The van der Waals surface area contributed by atoms with Crippen LogP contribution in [-0.4, -0.2) is 31.0 Å². The van der Waals surface area contributed by atoms with Gasteiger partial charge in [0.05, 0.1) is 0 Å². The minimum absolute atomic E-state index is 0.465. The molecule has 0 spiro atoms. The number of hydrogen-bond donors (Lipinski definition) is 1. The van der Waals surface area contributed by atoms with Crippen LogP contribution in [0.3, 0.4) is 0 Å². The smallest absolute Gasteiger partial charge is 0.187 e. The molecule has 1 N–H and O–H groups in total. The summed E-state index contributed by atoms with van der Waals surface area (Å²) in [4.78, 5) is 0.476. The molecule has 0 aromatic heterocycles. The van der Waals surface area contributed by atoms with E-state index in [1.807, 2.05) is 19.1 Å². The highest BCUT2D eigenvalue weighted by Gasteiger charge is 2.43. The van der Waals surface area contributed by atoms with Crippen LogP contribution in [0, 0.1) is 0 Å². The number of ether oxygens (including phenoxy) is 1. The molecule has 1 aliphatic rings. The highest BCUT2D eigenvalue weighted by atomic mass is 32.1. The molecule has 1 aromatic rings. The first-order chi connectivity index (χ1) is 9.63. The van der Waals surface area contributed by atoms with Crippen molar-refractivity contribution in [3.8, 4) is 5.75 Å². The van der Waals surface area contributed by atoms with Crippen LogP contribution in [0.5, 0.6) is 5.75 Å². The maximum atomic E-state index is 13.5. The second-order valence-corrected chi connectivity index (χ2v) is 5.05. The molecule has 2 rings (SSSR count). The van der Waals surface area contributed by atoms with Crippen molar-refractivity contribution in [1.29, 1.82) is 0 Å². The molecule has 5 heteroatoms. The maximum Gasteiger partial charge on any atom is 0.187 e. The number of fused-ring (bicyclic) bond motifs is 1. The quantitative estimate of drug-likeness (QED) is 0.860. The second-order valence-electron chi connectivity index (χ2n) is 4.65. The van der Waals surface area contributed by atoms with Crippen molar-refractivity contribution >= 4 is 22.8 Å². The summed E-state index contributed by atoms with van der Waals surface area (Å²) >= 11 is 5.32. The average Bonchev–Trinajstić information content (AvgIpc) is 2.51. The number of likely N-dealkylation sites (N-methyl/N-ethyl adjacent to an activating group) is 1. The maximum absolute atomic E-state index is 13.5. The molecular weight excluding hydrogens is 280 g/mol. The summed E-state index contributed by atoms with van der Waals surface area (Å²) in [6.07, 6.45) is 0.472. The molecule has 1 aromatic carbocycles. The van der Waals surface area contributed by atoms with E-state index in [1.54, 1.807) is 19.2 Å². The molecule has 0 bridgehead atoms. The molecule has 0 saturated heterocycles. The average molecular weight is 297 g/mol. The third-order valence-corrected chi connectivity index (χ3v) is 3.96. The Morgan fingerprint density at radius 1 is 1.30 bits per heavy atom. The molecular formula is C15H17F2NOS. The number of nitrogens with one attached hydrogen (secondary N) is 1. The molecule has 1 heterocycles. The lowest BCUT2D eigenvalue weighted by Crippen LogP contribution is -2.46. The largest absolute Gasteiger partial charge is 0.477 e. The number of para-hydroxylation sites is 1. The third-order valence-electron chi connectivity index (χ3n) is 3.55. The van der Waals surface area contributed by atoms with Gasteiger partial charge in [-0.05, 0) is 18.1 Å². The predicted molar refractivity (Wildman–Crippen MR) is 80.6 cm³/mol. The van der Waals surface area contributed by atoms with E-state index < -0.39 is 19.0 Å². The van der Waals surface area contributed by atoms with Crippen LogP contribution >= 0.6 is 12.2 Å². The van der Waals surface area contributed by atoms with Crippen molar-refractivity contribution in [3.05, 3.63) is 35.4 Å². The van der Waals surface area contributed by atoms with Crippen molar-refractivity contribution in [2.75, 3.05) is 20.4 Å². The summed E-state index contributed by atoms with van der Waals surface area (Å²) in [5.74, 6) is 0.465. The molecule has 0 atom stereocenters. The Labute approximate surface area is 122 Å². The number of thiocarbonyl (C=S) groups is 1. The molecule has 2 nitrogen and oxygen atoms in total. The monoisotopic (exact) mass is 297 g/mol. The highest BCUT2D eigenvalue weighted by Crippen LogP contribution is 2.43. The van der Waals surface area contributed by atoms with Gasteiger partial charge in [-0.25, -0.2) is 8.78 Å². The van der Waals surface area contributed by atoms with E-state index in [4.69, 9.17) is 17.0 Å². The van der Waals surface area contributed by atoms with E-state index in [9.17, 15) is 8.78 Å². The van der Waals surface area contributed by atoms with E-state index in [2.05, 4.69) is 5.32 Å². The lowest BCUT2D eigenvalue weighted by Gasteiger charge is -2.38. The second kappa shape index (κ2) is 5.87. The van der Waals surface area contributed by atoms with Gasteiger partial charge in [0.15, 0.2) is 5.60 Å². The van der Waals surface area contributed by atoms with Crippen molar-refractivity contribution < 1.29 is 13.5 Å². The Morgan fingerprint density at radius 2 is 1.95 bits per heavy atom. The lowest BCUT2D eigenvalue weighted by molar-refractivity contribution is 0.0461. The number of benzene rings is 1. The first-order valence-corrected chi connectivity index (χ1v) is 6.90. The molecule has 0 radical (unpaired) electrons. The van der Waals surface area contributed by atoms with Gasteiger partial charge in [0.2, 0.25) is 0 Å². The fourth-order valence-corrected chi connectivity index (χ4v) is 2.79. The molecule has 108 valence electrons. The van der Waals surface area contributed by atoms with Crippen LogP contribution in [-0.2, 0) is 0 Å². The highest BCUT2D eigenvalue weighted by molar-refractivity contribution is 7.81. The molecule has 0 amide bonds. The summed E-state index contributed by atoms with van der Waals surface area (Å²) in [6.45, 7) is 0.0125. The fourth-order valence-electron chi connectivity index (χ4n) is 2.56. The topological polar surface area (TPSA) is 21.3 Å².